The van der Waals surface area contributed by atoms with Crippen LogP contribution >= 0.6 is 0 Å². The molecule has 0 radical (unpaired) electrons. The summed E-state index contributed by atoms with van der Waals surface area (Å²) in [5.41, 5.74) is 4.33. The fourth-order valence-corrected chi connectivity index (χ4v) is 6.22. The van der Waals surface area contributed by atoms with Crippen LogP contribution in [-0.2, 0) is 39.0 Å². The van der Waals surface area contributed by atoms with Crippen molar-refractivity contribution in [1.29, 1.82) is 0 Å². The number of nitrogens with zero attached hydrogens (tertiary/aromatic N) is 4. The first-order chi connectivity index (χ1) is 18.7. The van der Waals surface area contributed by atoms with Crippen LogP contribution in [0.1, 0.15) is 23.2 Å². The zero-order valence-electron chi connectivity index (χ0n) is 21.2. The molecular weight excluding hydrogens is 520 g/mol. The van der Waals surface area contributed by atoms with E-state index in [0.717, 1.165) is 21.1 Å². The van der Waals surface area contributed by atoms with Gasteiger partial charge in [0.05, 0.1) is 29.4 Å². The van der Waals surface area contributed by atoms with E-state index in [-0.39, 0.29) is 41.9 Å². The summed E-state index contributed by atoms with van der Waals surface area (Å²) >= 11 is 0. The molecule has 2 aromatic carbocycles. The fraction of sp³-hybridized carbons (Fsp3) is 0.259. The monoisotopic (exact) mass is 546 g/mol. The second-order valence-electron chi connectivity index (χ2n) is 9.77. The number of H-pyrrole nitrogens is 1. The van der Waals surface area contributed by atoms with Crippen LogP contribution in [0.4, 0.5) is 5.69 Å². The van der Waals surface area contributed by atoms with Gasteiger partial charge in [0.1, 0.15) is 0 Å². The van der Waals surface area contributed by atoms with E-state index in [9.17, 15) is 22.8 Å². The van der Waals surface area contributed by atoms with Gasteiger partial charge in [-0.1, -0.05) is 30.3 Å². The van der Waals surface area contributed by atoms with Gasteiger partial charge in [0.2, 0.25) is 21.8 Å². The van der Waals surface area contributed by atoms with Gasteiger partial charge in [-0.2, -0.15) is 4.31 Å². The zero-order chi connectivity index (χ0) is 27.3. The van der Waals surface area contributed by atoms with Gasteiger partial charge in [-0.25, -0.2) is 17.9 Å². The third-order valence-corrected chi connectivity index (χ3v) is 9.04. The number of fused-ring (bicyclic) bond motifs is 3. The van der Waals surface area contributed by atoms with Gasteiger partial charge in [-0.05, 0) is 42.2 Å². The number of carbonyl (C=O) groups is 2. The number of amides is 2. The molecule has 2 aromatic heterocycles. The molecule has 4 aromatic rings. The normalized spacial score (nSPS) is 15.2. The number of rotatable bonds is 5. The van der Waals surface area contributed by atoms with Gasteiger partial charge in [0.15, 0.2) is 5.65 Å². The molecule has 0 spiro atoms. The van der Waals surface area contributed by atoms with E-state index in [0.29, 0.717) is 41.9 Å². The molecule has 0 fully saturated rings. The Morgan fingerprint density at radius 3 is 2.64 bits per heavy atom. The molecule has 11 nitrogen and oxygen atoms in total. The Labute approximate surface area is 224 Å². The molecule has 2 aliphatic heterocycles. The van der Waals surface area contributed by atoms with Crippen molar-refractivity contribution >= 4 is 33.2 Å². The lowest BCUT2D eigenvalue weighted by molar-refractivity contribution is -0.132. The van der Waals surface area contributed by atoms with Crippen molar-refractivity contribution in [2.75, 3.05) is 25.5 Å². The number of sulfonamides is 1. The highest BCUT2D eigenvalue weighted by atomic mass is 32.2. The quantitative estimate of drug-likeness (QED) is 0.392. The van der Waals surface area contributed by atoms with Crippen LogP contribution in [0.5, 0.6) is 0 Å². The summed E-state index contributed by atoms with van der Waals surface area (Å²) in [5.74, 6) is -0.479. The molecule has 2 aliphatic rings. The van der Waals surface area contributed by atoms with E-state index < -0.39 is 10.0 Å². The maximum Gasteiger partial charge on any atom is 0.276 e. The molecule has 0 saturated heterocycles. The third kappa shape index (κ3) is 4.51. The van der Waals surface area contributed by atoms with Crippen LogP contribution < -0.4 is 10.9 Å². The Balaban J connectivity index is 1.20. The maximum atomic E-state index is 13.2. The predicted molar refractivity (Wildman–Crippen MR) is 144 cm³/mol. The lowest BCUT2D eigenvalue weighted by atomic mass is 10.0. The van der Waals surface area contributed by atoms with Crippen LogP contribution in [0.25, 0.3) is 16.9 Å². The summed E-state index contributed by atoms with van der Waals surface area (Å²) in [6, 6.07) is 15.9. The molecule has 2 N–H and O–H groups in total. The van der Waals surface area contributed by atoms with Crippen LogP contribution in [0.2, 0.25) is 0 Å². The lowest BCUT2D eigenvalue weighted by Gasteiger charge is -2.29. The fourth-order valence-electron chi connectivity index (χ4n) is 5.05. The molecule has 2 amide bonds. The molecule has 6 rings (SSSR count). The highest BCUT2D eigenvalue weighted by Crippen LogP contribution is 2.27. The van der Waals surface area contributed by atoms with E-state index in [1.165, 1.54) is 22.5 Å². The van der Waals surface area contributed by atoms with Gasteiger partial charge < -0.3 is 10.2 Å². The molecule has 0 bridgehead atoms. The molecule has 0 aliphatic carbocycles. The highest BCUT2D eigenvalue weighted by molar-refractivity contribution is 7.89. The van der Waals surface area contributed by atoms with E-state index in [2.05, 4.69) is 15.4 Å². The zero-order valence-corrected chi connectivity index (χ0v) is 22.0. The molecular formula is C27H26N6O5S. The Morgan fingerprint density at radius 2 is 1.85 bits per heavy atom. The largest absolute Gasteiger partial charge is 0.335 e. The average Bonchev–Trinajstić information content (AvgIpc) is 3.37. The van der Waals surface area contributed by atoms with Crippen molar-refractivity contribution in [3.8, 4) is 11.3 Å². The van der Waals surface area contributed by atoms with Crippen molar-refractivity contribution in [3.63, 3.8) is 0 Å². The predicted octanol–water partition coefficient (Wildman–Crippen LogP) is 1.78. The van der Waals surface area contributed by atoms with Gasteiger partial charge in [0, 0.05) is 37.3 Å². The Bertz CT molecular complexity index is 1790. The summed E-state index contributed by atoms with van der Waals surface area (Å²) in [4.78, 5) is 44.2. The van der Waals surface area contributed by atoms with Crippen LogP contribution in [0.3, 0.4) is 0 Å². The molecule has 12 heteroatoms. The Hall–Kier alpha value is -4.29. The van der Waals surface area contributed by atoms with Crippen LogP contribution in [0, 0.1) is 0 Å². The summed E-state index contributed by atoms with van der Waals surface area (Å²) < 4.78 is 28.9. The van der Waals surface area contributed by atoms with Gasteiger partial charge in [-0.3, -0.25) is 19.5 Å². The molecule has 39 heavy (non-hydrogen) atoms. The molecule has 0 unspecified atom stereocenters. The first kappa shape index (κ1) is 25.0. The number of aromatic amines is 1. The second-order valence-corrected chi connectivity index (χ2v) is 11.8. The summed E-state index contributed by atoms with van der Waals surface area (Å²) in [5, 5.41) is 5.85. The lowest BCUT2D eigenvalue weighted by Crippen LogP contribution is -2.44. The number of carbonyl (C=O) groups excluding carboxylic acids is 2. The SMILES string of the molecule is CN(CC(=O)N1CCc2c(nc3cc(-c4ccccc4)[nH]n3c2=O)C1)S(=O)(=O)c1ccc2c(c1)CCC(=O)N2. The second kappa shape index (κ2) is 9.47. The summed E-state index contributed by atoms with van der Waals surface area (Å²) in [6.07, 6.45) is 1.07. The Morgan fingerprint density at radius 1 is 1.05 bits per heavy atom. The van der Waals surface area contributed by atoms with E-state index in [1.54, 1.807) is 18.2 Å². The van der Waals surface area contributed by atoms with Crippen molar-refractivity contribution < 1.29 is 18.0 Å². The van der Waals surface area contributed by atoms with Crippen LogP contribution in [-0.4, -0.2) is 64.2 Å². The number of hydrogen-bond donors (Lipinski definition) is 2. The Kier molecular flexibility index (Phi) is 6.07. The highest BCUT2D eigenvalue weighted by Gasteiger charge is 2.30. The van der Waals surface area contributed by atoms with Crippen molar-refractivity contribution in [2.45, 2.75) is 30.7 Å². The number of nitrogens with one attached hydrogen (secondary N) is 2. The topological polar surface area (TPSA) is 137 Å². The number of hydrogen-bond acceptors (Lipinski definition) is 6. The minimum Gasteiger partial charge on any atom is -0.335 e. The molecule has 0 atom stereocenters. The average molecular weight is 547 g/mol. The van der Waals surface area contributed by atoms with Gasteiger partial charge in [-0.15, -0.1) is 0 Å². The van der Waals surface area contributed by atoms with E-state index >= 15 is 0 Å². The third-order valence-electron chi connectivity index (χ3n) is 7.24. The number of benzene rings is 2. The first-order valence-electron chi connectivity index (χ1n) is 12.6. The summed E-state index contributed by atoms with van der Waals surface area (Å²) in [7, 11) is -2.57. The standard InChI is InChI=1S/C27H26N6O5S/c1-31(39(37,38)19-8-9-21-18(13-19)7-10-25(34)29-21)16-26(35)32-12-11-20-23(15-32)28-24-14-22(30-33(24)27(20)36)17-5-3-2-4-6-17/h2-6,8-9,13-14,30H,7,10-12,15-16H2,1H3,(H,29,34). The molecule has 200 valence electrons. The van der Waals surface area contributed by atoms with Crippen molar-refractivity contribution in [1.82, 2.24) is 23.8 Å². The molecule has 0 saturated carbocycles. The van der Waals surface area contributed by atoms with Crippen molar-refractivity contribution in [2.24, 2.45) is 0 Å². The number of anilines is 1. The van der Waals surface area contributed by atoms with Gasteiger partial charge >= 0.3 is 0 Å². The first-order valence-corrected chi connectivity index (χ1v) is 14.0. The van der Waals surface area contributed by atoms with E-state index in [4.69, 9.17) is 0 Å². The van der Waals surface area contributed by atoms with Gasteiger partial charge in [0.25, 0.3) is 5.56 Å². The summed E-state index contributed by atoms with van der Waals surface area (Å²) in [6.45, 7) is 0.0563. The van der Waals surface area contributed by atoms with Crippen molar-refractivity contribution in [3.05, 3.63) is 81.8 Å². The minimum atomic E-state index is -3.94. The maximum absolute atomic E-state index is 13.2. The van der Waals surface area contributed by atoms with E-state index in [1.807, 2.05) is 30.3 Å². The smallest absolute Gasteiger partial charge is 0.276 e. The number of aromatic nitrogens is 3. The number of aryl methyl sites for hydroxylation is 1. The number of likely N-dealkylation sites (N-methyl/N-ethyl adjacent to an activating group) is 1. The molecule has 4 heterocycles. The minimum absolute atomic E-state index is 0.0652. The van der Waals surface area contributed by atoms with Crippen LogP contribution in [0.15, 0.2) is 64.3 Å².